The summed E-state index contributed by atoms with van der Waals surface area (Å²) in [6, 6.07) is 7.09. The van der Waals surface area contributed by atoms with Gasteiger partial charge in [0.25, 0.3) is 5.76 Å². The van der Waals surface area contributed by atoms with Gasteiger partial charge in [0.1, 0.15) is 0 Å². The van der Waals surface area contributed by atoms with Gasteiger partial charge in [-0.25, -0.2) is 0 Å². The molecule has 0 saturated heterocycles. The molecular weight excluding hydrogens is 268 g/mol. The molecule has 1 aromatic carbocycles. The molecule has 0 atom stereocenters. The van der Waals surface area contributed by atoms with Gasteiger partial charge in [0, 0.05) is 23.7 Å². The molecule has 1 aromatic rings. The van der Waals surface area contributed by atoms with Crippen LogP contribution in [0.3, 0.4) is 0 Å². The maximum atomic E-state index is 12.4. The number of rotatable bonds is 9. The third-order valence-corrected chi connectivity index (χ3v) is 3.29. The van der Waals surface area contributed by atoms with Crippen LogP contribution in [0.15, 0.2) is 29.2 Å². The zero-order valence-corrected chi connectivity index (χ0v) is 12.2. The van der Waals surface area contributed by atoms with E-state index in [1.165, 1.54) is 0 Å². The second kappa shape index (κ2) is 9.15. The van der Waals surface area contributed by atoms with Crippen molar-refractivity contribution in [3.63, 3.8) is 0 Å². The Hall–Kier alpha value is -0.810. The Morgan fingerprint density at radius 3 is 2.63 bits per heavy atom. The zero-order valence-electron chi connectivity index (χ0n) is 11.4. The first-order valence-electron chi connectivity index (χ1n) is 6.45. The van der Waals surface area contributed by atoms with Gasteiger partial charge in [0.2, 0.25) is 0 Å². The van der Waals surface area contributed by atoms with Crippen LogP contribution in [0.5, 0.6) is 0 Å². The molecular formula is C14H21F2NOS. The summed E-state index contributed by atoms with van der Waals surface area (Å²) in [7, 11) is 0. The minimum atomic E-state index is -2.40. The Balaban J connectivity index is 2.28. The third kappa shape index (κ3) is 7.38. The van der Waals surface area contributed by atoms with Gasteiger partial charge >= 0.3 is 0 Å². The number of para-hydroxylation sites is 1. The Bertz CT molecular complexity index is 361. The van der Waals surface area contributed by atoms with Crippen molar-refractivity contribution in [2.45, 2.75) is 30.9 Å². The average Bonchev–Trinajstić information content (AvgIpc) is 2.34. The minimum Gasteiger partial charge on any atom is -0.382 e. The standard InChI is InChI=1S/C14H21F2NOS/c1-11(2)7-9-18-10-8-17-12-5-3-4-6-13(12)19-14(15)16/h3-6,11,14,17H,7-10H2,1-2H3. The Kier molecular flexibility index (Phi) is 7.82. The maximum Gasteiger partial charge on any atom is 0.288 e. The molecule has 0 fully saturated rings. The molecule has 0 unspecified atom stereocenters. The molecule has 0 radical (unpaired) electrons. The summed E-state index contributed by atoms with van der Waals surface area (Å²) >= 11 is 0.561. The van der Waals surface area contributed by atoms with Crippen molar-refractivity contribution in [1.82, 2.24) is 0 Å². The van der Waals surface area contributed by atoms with Gasteiger partial charge in [-0.2, -0.15) is 8.78 Å². The van der Waals surface area contributed by atoms with E-state index in [0.29, 0.717) is 35.7 Å². The molecule has 1 rings (SSSR count). The Morgan fingerprint density at radius 2 is 1.95 bits per heavy atom. The predicted octanol–water partition coefficient (Wildman–Crippen LogP) is 4.48. The van der Waals surface area contributed by atoms with Crippen LogP contribution >= 0.6 is 11.8 Å². The summed E-state index contributed by atoms with van der Waals surface area (Å²) in [4.78, 5) is 0.569. The highest BCUT2D eigenvalue weighted by Crippen LogP contribution is 2.31. The Labute approximate surface area is 117 Å². The van der Waals surface area contributed by atoms with Gasteiger partial charge < -0.3 is 10.1 Å². The van der Waals surface area contributed by atoms with E-state index in [0.717, 1.165) is 18.7 Å². The number of ether oxygens (including phenoxy) is 1. The zero-order chi connectivity index (χ0) is 14.1. The molecule has 0 bridgehead atoms. The van der Waals surface area contributed by atoms with Gasteiger partial charge in [0.15, 0.2) is 0 Å². The molecule has 0 aliphatic carbocycles. The number of halogens is 2. The van der Waals surface area contributed by atoms with Crippen LogP contribution in [0, 0.1) is 5.92 Å². The maximum absolute atomic E-state index is 12.4. The second-order valence-corrected chi connectivity index (χ2v) is 5.63. The van der Waals surface area contributed by atoms with Gasteiger partial charge in [-0.1, -0.05) is 37.7 Å². The highest BCUT2D eigenvalue weighted by molar-refractivity contribution is 7.99. The van der Waals surface area contributed by atoms with Crippen LogP contribution in [0.2, 0.25) is 0 Å². The summed E-state index contributed by atoms with van der Waals surface area (Å²) in [5, 5.41) is 3.13. The molecule has 0 amide bonds. The van der Waals surface area contributed by atoms with E-state index in [2.05, 4.69) is 19.2 Å². The molecule has 0 aliphatic rings. The van der Waals surface area contributed by atoms with Crippen molar-refractivity contribution in [3.8, 4) is 0 Å². The number of hydrogen-bond acceptors (Lipinski definition) is 3. The van der Waals surface area contributed by atoms with Crippen molar-refractivity contribution in [2.75, 3.05) is 25.1 Å². The number of nitrogens with one attached hydrogen (secondary N) is 1. The van der Waals surface area contributed by atoms with Gasteiger partial charge in [-0.3, -0.25) is 0 Å². The van der Waals surface area contributed by atoms with Gasteiger partial charge in [-0.15, -0.1) is 0 Å². The fourth-order valence-corrected chi connectivity index (χ4v) is 2.11. The molecule has 2 nitrogen and oxygen atoms in total. The van der Waals surface area contributed by atoms with E-state index < -0.39 is 5.76 Å². The van der Waals surface area contributed by atoms with E-state index in [1.807, 2.05) is 6.07 Å². The summed E-state index contributed by atoms with van der Waals surface area (Å²) in [6.45, 7) is 6.25. The lowest BCUT2D eigenvalue weighted by Gasteiger charge is -2.12. The lowest BCUT2D eigenvalue weighted by molar-refractivity contribution is 0.132. The van der Waals surface area contributed by atoms with Crippen LogP contribution < -0.4 is 5.32 Å². The SMILES string of the molecule is CC(C)CCOCCNc1ccccc1SC(F)F. The van der Waals surface area contributed by atoms with E-state index >= 15 is 0 Å². The van der Waals surface area contributed by atoms with E-state index in [1.54, 1.807) is 18.2 Å². The van der Waals surface area contributed by atoms with Gasteiger partial charge in [0.05, 0.1) is 6.61 Å². The van der Waals surface area contributed by atoms with Crippen molar-refractivity contribution in [2.24, 2.45) is 5.92 Å². The van der Waals surface area contributed by atoms with Crippen LogP contribution in [-0.2, 0) is 4.74 Å². The van der Waals surface area contributed by atoms with E-state index in [-0.39, 0.29) is 0 Å². The van der Waals surface area contributed by atoms with E-state index in [4.69, 9.17) is 4.74 Å². The quantitative estimate of drug-likeness (QED) is 0.535. The largest absolute Gasteiger partial charge is 0.382 e. The summed E-state index contributed by atoms with van der Waals surface area (Å²) < 4.78 is 30.2. The normalized spacial score (nSPS) is 11.3. The van der Waals surface area contributed by atoms with Crippen molar-refractivity contribution in [3.05, 3.63) is 24.3 Å². The first-order chi connectivity index (χ1) is 9.09. The highest BCUT2D eigenvalue weighted by Gasteiger charge is 2.08. The number of hydrogen-bond donors (Lipinski definition) is 1. The third-order valence-electron chi connectivity index (χ3n) is 2.50. The number of anilines is 1. The van der Waals surface area contributed by atoms with E-state index in [9.17, 15) is 8.78 Å². The number of alkyl halides is 2. The molecule has 0 heterocycles. The summed E-state index contributed by atoms with van der Waals surface area (Å²) in [6.07, 6.45) is 1.04. The van der Waals surface area contributed by atoms with Crippen LogP contribution in [0.4, 0.5) is 14.5 Å². The molecule has 0 aliphatic heterocycles. The van der Waals surface area contributed by atoms with Crippen molar-refractivity contribution in [1.29, 1.82) is 0 Å². The Morgan fingerprint density at radius 1 is 1.21 bits per heavy atom. The minimum absolute atomic E-state index is 0.561. The van der Waals surface area contributed by atoms with Crippen molar-refractivity contribution < 1.29 is 13.5 Å². The topological polar surface area (TPSA) is 21.3 Å². The summed E-state index contributed by atoms with van der Waals surface area (Å²) in [5.41, 5.74) is 0.736. The van der Waals surface area contributed by atoms with Crippen LogP contribution in [0.25, 0.3) is 0 Å². The van der Waals surface area contributed by atoms with Crippen molar-refractivity contribution >= 4 is 17.4 Å². The van der Waals surface area contributed by atoms with Crippen LogP contribution in [0.1, 0.15) is 20.3 Å². The molecule has 0 aromatic heterocycles. The lowest BCUT2D eigenvalue weighted by Crippen LogP contribution is -2.11. The highest BCUT2D eigenvalue weighted by atomic mass is 32.2. The van der Waals surface area contributed by atoms with Crippen LogP contribution in [-0.4, -0.2) is 25.5 Å². The molecule has 0 saturated carbocycles. The summed E-state index contributed by atoms with van der Waals surface area (Å²) in [5.74, 6) is -1.76. The number of thioether (sulfide) groups is 1. The average molecular weight is 289 g/mol. The molecule has 0 spiro atoms. The lowest BCUT2D eigenvalue weighted by atomic mass is 10.1. The smallest absolute Gasteiger partial charge is 0.288 e. The number of benzene rings is 1. The molecule has 1 N–H and O–H groups in total. The second-order valence-electron chi connectivity index (χ2n) is 4.60. The molecule has 108 valence electrons. The first kappa shape index (κ1) is 16.2. The monoisotopic (exact) mass is 289 g/mol. The fraction of sp³-hybridized carbons (Fsp3) is 0.571. The molecule has 19 heavy (non-hydrogen) atoms. The molecule has 5 heteroatoms. The predicted molar refractivity (Wildman–Crippen MR) is 77.1 cm³/mol. The van der Waals surface area contributed by atoms with Gasteiger partial charge in [-0.05, 0) is 24.5 Å². The fourth-order valence-electron chi connectivity index (χ4n) is 1.49. The first-order valence-corrected chi connectivity index (χ1v) is 7.33.